The SMILES string of the molecule is CC.CC.Cc1c2c(nc(C(C)C)c1[C@@H](O)c1ccc(OCc3ccccc3)cc1)CC(C)(C)CC2O. The van der Waals surface area contributed by atoms with Crippen LogP contribution >= 0.6 is 0 Å². The quantitative estimate of drug-likeness (QED) is 0.354. The van der Waals surface area contributed by atoms with Gasteiger partial charge in [-0.2, -0.15) is 0 Å². The normalized spacial score (nSPS) is 16.5. The fourth-order valence-corrected chi connectivity index (χ4v) is 4.99. The number of benzene rings is 2. The number of pyridine rings is 1. The fourth-order valence-electron chi connectivity index (χ4n) is 4.99. The highest BCUT2D eigenvalue weighted by molar-refractivity contribution is 5.48. The van der Waals surface area contributed by atoms with Crippen molar-refractivity contribution in [2.75, 3.05) is 0 Å². The summed E-state index contributed by atoms with van der Waals surface area (Å²) in [6.45, 7) is 19.1. The van der Waals surface area contributed by atoms with E-state index < -0.39 is 12.2 Å². The summed E-state index contributed by atoms with van der Waals surface area (Å²) in [4.78, 5) is 5.00. The van der Waals surface area contributed by atoms with E-state index in [4.69, 9.17) is 9.72 Å². The Morgan fingerprint density at radius 3 is 2.14 bits per heavy atom. The first-order chi connectivity index (χ1) is 17.7. The molecule has 1 aliphatic rings. The van der Waals surface area contributed by atoms with Crippen molar-refractivity contribution in [3.63, 3.8) is 0 Å². The number of ether oxygens (including phenoxy) is 1. The lowest BCUT2D eigenvalue weighted by molar-refractivity contribution is 0.0968. The van der Waals surface area contributed by atoms with Gasteiger partial charge < -0.3 is 14.9 Å². The summed E-state index contributed by atoms with van der Waals surface area (Å²) < 4.78 is 5.90. The van der Waals surface area contributed by atoms with Gasteiger partial charge in [0.25, 0.3) is 0 Å². The van der Waals surface area contributed by atoms with E-state index in [0.29, 0.717) is 13.0 Å². The molecule has 0 amide bonds. The summed E-state index contributed by atoms with van der Waals surface area (Å²) in [6.07, 6.45) is 0.165. The Kier molecular flexibility index (Phi) is 11.3. The van der Waals surface area contributed by atoms with Crippen LogP contribution in [-0.2, 0) is 13.0 Å². The minimum absolute atomic E-state index is 0.00974. The first-order valence-electron chi connectivity index (χ1n) is 13.8. The lowest BCUT2D eigenvalue weighted by Crippen LogP contribution is -2.29. The van der Waals surface area contributed by atoms with Gasteiger partial charge in [-0.1, -0.05) is 97.9 Å². The van der Waals surface area contributed by atoms with Crippen LogP contribution in [0.15, 0.2) is 54.6 Å². The van der Waals surface area contributed by atoms with E-state index in [1.165, 1.54) is 0 Å². The Balaban J connectivity index is 0.00000115. The van der Waals surface area contributed by atoms with Crippen LogP contribution < -0.4 is 4.74 Å². The van der Waals surface area contributed by atoms with Crippen molar-refractivity contribution in [3.8, 4) is 5.75 Å². The average molecular weight is 506 g/mol. The standard InChI is InChI=1S/C29H35NO3.2C2H6/c1-18(2)27-26(19(3)25-23(30-27)15-29(4,5)16-24(25)31)28(32)21-11-13-22(14-12-21)33-17-20-9-7-6-8-10-20;2*1-2/h6-14,18,24,28,31-32H,15-17H2,1-5H3;2*1-2H3/t24?,28-;;/m0../s1. The zero-order valence-electron chi connectivity index (χ0n) is 24.3. The van der Waals surface area contributed by atoms with Gasteiger partial charge in [0.15, 0.2) is 0 Å². The smallest absolute Gasteiger partial charge is 0.119 e. The molecule has 202 valence electrons. The number of nitrogens with zero attached hydrogens (tertiary/aromatic N) is 1. The van der Waals surface area contributed by atoms with Crippen molar-refractivity contribution in [1.29, 1.82) is 0 Å². The maximum Gasteiger partial charge on any atom is 0.119 e. The molecule has 1 heterocycles. The molecule has 2 atom stereocenters. The summed E-state index contributed by atoms with van der Waals surface area (Å²) in [5, 5.41) is 22.4. The van der Waals surface area contributed by atoms with Gasteiger partial charge in [0.1, 0.15) is 18.5 Å². The van der Waals surface area contributed by atoms with Crippen molar-refractivity contribution >= 4 is 0 Å². The molecule has 0 spiro atoms. The summed E-state index contributed by atoms with van der Waals surface area (Å²) in [5.74, 6) is 0.922. The molecule has 4 heteroatoms. The molecule has 37 heavy (non-hydrogen) atoms. The molecule has 0 bridgehead atoms. The van der Waals surface area contributed by atoms with Gasteiger partial charge in [0.05, 0.1) is 6.10 Å². The van der Waals surface area contributed by atoms with Crippen LogP contribution in [0.2, 0.25) is 0 Å². The monoisotopic (exact) mass is 505 g/mol. The lowest BCUT2D eigenvalue weighted by atomic mass is 9.72. The van der Waals surface area contributed by atoms with Gasteiger partial charge in [0, 0.05) is 22.5 Å². The predicted molar refractivity (Wildman–Crippen MR) is 154 cm³/mol. The minimum atomic E-state index is -0.814. The molecule has 0 aliphatic heterocycles. The molecule has 1 aromatic heterocycles. The van der Waals surface area contributed by atoms with Gasteiger partial charge >= 0.3 is 0 Å². The largest absolute Gasteiger partial charge is 0.489 e. The number of aromatic nitrogens is 1. The van der Waals surface area contributed by atoms with E-state index in [0.717, 1.165) is 51.4 Å². The van der Waals surface area contributed by atoms with Crippen LogP contribution in [0.3, 0.4) is 0 Å². The third kappa shape index (κ3) is 7.43. The van der Waals surface area contributed by atoms with E-state index in [2.05, 4.69) is 27.7 Å². The number of hydrogen-bond acceptors (Lipinski definition) is 4. The fraction of sp³-hybridized carbons (Fsp3) is 0.485. The molecule has 2 N–H and O–H groups in total. The topological polar surface area (TPSA) is 62.6 Å². The summed E-state index contributed by atoms with van der Waals surface area (Å²) in [7, 11) is 0. The van der Waals surface area contributed by atoms with Crippen LogP contribution in [0.25, 0.3) is 0 Å². The molecule has 2 aromatic carbocycles. The Hall–Kier alpha value is -2.69. The molecular formula is C33H47NO3. The summed E-state index contributed by atoms with van der Waals surface area (Å²) in [5.41, 5.74) is 6.48. The second kappa shape index (κ2) is 13.7. The van der Waals surface area contributed by atoms with E-state index >= 15 is 0 Å². The first-order valence-corrected chi connectivity index (χ1v) is 13.8. The molecule has 4 rings (SSSR count). The van der Waals surface area contributed by atoms with Gasteiger partial charge in [-0.3, -0.25) is 4.98 Å². The zero-order chi connectivity index (χ0) is 27.8. The Labute approximate surface area is 224 Å². The molecule has 1 unspecified atom stereocenters. The van der Waals surface area contributed by atoms with Crippen LogP contribution in [0, 0.1) is 12.3 Å². The first kappa shape index (κ1) is 30.5. The van der Waals surface area contributed by atoms with Gasteiger partial charge in [-0.05, 0) is 59.9 Å². The maximum absolute atomic E-state index is 11.4. The van der Waals surface area contributed by atoms with E-state index in [-0.39, 0.29) is 11.3 Å². The maximum atomic E-state index is 11.4. The van der Waals surface area contributed by atoms with Crippen molar-refractivity contribution in [2.24, 2.45) is 5.41 Å². The molecule has 0 saturated heterocycles. The second-order valence-electron chi connectivity index (χ2n) is 10.4. The third-order valence-corrected chi connectivity index (χ3v) is 6.64. The van der Waals surface area contributed by atoms with Crippen molar-refractivity contribution in [1.82, 2.24) is 4.98 Å². The molecular weight excluding hydrogens is 458 g/mol. The number of rotatable bonds is 6. The highest BCUT2D eigenvalue weighted by atomic mass is 16.5. The number of aliphatic hydroxyl groups excluding tert-OH is 2. The third-order valence-electron chi connectivity index (χ3n) is 6.64. The summed E-state index contributed by atoms with van der Waals surface area (Å²) in [6, 6.07) is 17.7. The van der Waals surface area contributed by atoms with E-state index in [1.54, 1.807) is 0 Å². The average Bonchev–Trinajstić information content (AvgIpc) is 2.89. The molecule has 0 radical (unpaired) electrons. The summed E-state index contributed by atoms with van der Waals surface area (Å²) >= 11 is 0. The predicted octanol–water partition coefficient (Wildman–Crippen LogP) is 8.23. The highest BCUT2D eigenvalue weighted by Crippen LogP contribution is 2.44. The van der Waals surface area contributed by atoms with Gasteiger partial charge in [-0.15, -0.1) is 0 Å². The number of hydrogen-bond donors (Lipinski definition) is 2. The molecule has 3 aromatic rings. The molecule has 4 nitrogen and oxygen atoms in total. The van der Waals surface area contributed by atoms with Crippen LogP contribution in [-0.4, -0.2) is 15.2 Å². The van der Waals surface area contributed by atoms with E-state index in [9.17, 15) is 10.2 Å². The Morgan fingerprint density at radius 2 is 1.57 bits per heavy atom. The van der Waals surface area contributed by atoms with Crippen molar-refractivity contribution < 1.29 is 14.9 Å². The number of fused-ring (bicyclic) bond motifs is 1. The Bertz CT molecular complexity index is 1100. The van der Waals surface area contributed by atoms with Gasteiger partial charge in [-0.25, -0.2) is 0 Å². The zero-order valence-corrected chi connectivity index (χ0v) is 24.3. The van der Waals surface area contributed by atoms with Crippen LogP contribution in [0.5, 0.6) is 5.75 Å². The van der Waals surface area contributed by atoms with Crippen molar-refractivity contribution in [3.05, 3.63) is 93.8 Å². The lowest BCUT2D eigenvalue weighted by Gasteiger charge is -2.36. The van der Waals surface area contributed by atoms with Gasteiger partial charge in [0.2, 0.25) is 0 Å². The molecule has 0 fully saturated rings. The second-order valence-corrected chi connectivity index (χ2v) is 10.4. The highest BCUT2D eigenvalue weighted by Gasteiger charge is 2.36. The van der Waals surface area contributed by atoms with Crippen LogP contribution in [0.1, 0.15) is 119 Å². The molecule has 1 aliphatic carbocycles. The van der Waals surface area contributed by atoms with E-state index in [1.807, 2.05) is 89.2 Å². The Morgan fingerprint density at radius 1 is 0.973 bits per heavy atom. The minimum Gasteiger partial charge on any atom is -0.489 e. The number of aliphatic hydroxyl groups is 2. The van der Waals surface area contributed by atoms with Crippen molar-refractivity contribution in [2.45, 2.75) is 99.9 Å². The molecule has 0 saturated carbocycles. The van der Waals surface area contributed by atoms with Crippen LogP contribution in [0.4, 0.5) is 0 Å².